The highest BCUT2D eigenvalue weighted by Gasteiger charge is 2.53. The average molecular weight is 459 g/mol. The number of hydrogen-bond donors (Lipinski definition) is 3. The van der Waals surface area contributed by atoms with E-state index < -0.39 is 17.8 Å². The van der Waals surface area contributed by atoms with E-state index in [2.05, 4.69) is 47.3 Å². The van der Waals surface area contributed by atoms with Crippen LogP contribution in [0.5, 0.6) is 0 Å². The normalized spacial score (nSPS) is 35.9. The molecule has 3 N–H and O–H groups in total. The predicted octanol–water partition coefficient (Wildman–Crippen LogP) is 6.73. The van der Waals surface area contributed by atoms with Crippen molar-refractivity contribution < 1.29 is 15.3 Å². The summed E-state index contributed by atoms with van der Waals surface area (Å²) in [6.45, 7) is 19.8. The largest absolute Gasteiger partial charge is 0.390 e. The van der Waals surface area contributed by atoms with Crippen LogP contribution in [0.2, 0.25) is 0 Å². The van der Waals surface area contributed by atoms with Crippen molar-refractivity contribution in [1.29, 1.82) is 0 Å². The molecule has 0 radical (unpaired) electrons. The van der Waals surface area contributed by atoms with Crippen LogP contribution in [-0.2, 0) is 0 Å². The van der Waals surface area contributed by atoms with E-state index in [1.54, 1.807) is 5.57 Å². The second-order valence-corrected chi connectivity index (χ2v) is 13.2. The molecule has 3 aliphatic rings. The van der Waals surface area contributed by atoms with Crippen molar-refractivity contribution in [1.82, 2.24) is 0 Å². The van der Waals surface area contributed by atoms with Crippen molar-refractivity contribution in [2.45, 2.75) is 124 Å². The Morgan fingerprint density at radius 3 is 2.30 bits per heavy atom. The van der Waals surface area contributed by atoms with Gasteiger partial charge in [0.05, 0.1) is 17.8 Å². The maximum Gasteiger partial charge on any atom is 0.0809 e. The molecule has 0 heterocycles. The van der Waals surface area contributed by atoms with Gasteiger partial charge in [-0.1, -0.05) is 57.1 Å². The molecule has 0 amide bonds. The van der Waals surface area contributed by atoms with Gasteiger partial charge >= 0.3 is 0 Å². The Morgan fingerprint density at radius 2 is 1.73 bits per heavy atom. The van der Waals surface area contributed by atoms with Gasteiger partial charge in [-0.3, -0.25) is 0 Å². The summed E-state index contributed by atoms with van der Waals surface area (Å²) < 4.78 is 0. The van der Waals surface area contributed by atoms with Gasteiger partial charge in [0.1, 0.15) is 0 Å². The van der Waals surface area contributed by atoms with Crippen LogP contribution in [0.3, 0.4) is 0 Å². The summed E-state index contributed by atoms with van der Waals surface area (Å²) in [5.41, 5.74) is 4.63. The molecule has 0 aromatic carbocycles. The fraction of sp³-hybridized carbons (Fsp3) is 0.800. The van der Waals surface area contributed by atoms with Crippen molar-refractivity contribution in [3.05, 3.63) is 34.9 Å². The quantitative estimate of drug-likeness (QED) is 0.387. The van der Waals surface area contributed by atoms with E-state index in [0.29, 0.717) is 41.6 Å². The van der Waals surface area contributed by atoms with Crippen molar-refractivity contribution in [2.75, 3.05) is 0 Å². The van der Waals surface area contributed by atoms with Crippen LogP contribution < -0.4 is 0 Å². The van der Waals surface area contributed by atoms with E-state index in [1.807, 2.05) is 13.8 Å². The van der Waals surface area contributed by atoms with E-state index in [4.69, 9.17) is 0 Å². The van der Waals surface area contributed by atoms with Crippen molar-refractivity contribution in [2.24, 2.45) is 28.6 Å². The molecule has 0 bridgehead atoms. The van der Waals surface area contributed by atoms with Crippen LogP contribution in [0.1, 0.15) is 106 Å². The Balaban J connectivity index is 1.81. The van der Waals surface area contributed by atoms with Gasteiger partial charge in [-0.15, -0.1) is 0 Å². The first kappa shape index (κ1) is 26.7. The summed E-state index contributed by atoms with van der Waals surface area (Å²) >= 11 is 0. The zero-order chi connectivity index (χ0) is 24.8. The van der Waals surface area contributed by atoms with E-state index >= 15 is 0 Å². The predicted molar refractivity (Wildman–Crippen MR) is 138 cm³/mol. The highest BCUT2D eigenvalue weighted by molar-refractivity contribution is 5.35. The van der Waals surface area contributed by atoms with Gasteiger partial charge < -0.3 is 15.3 Å². The molecule has 0 aliphatic heterocycles. The number of aliphatic hydroxyl groups is 3. The van der Waals surface area contributed by atoms with Gasteiger partial charge in [0.15, 0.2) is 0 Å². The van der Waals surface area contributed by atoms with Gasteiger partial charge in [0, 0.05) is 0 Å². The number of fused-ring (bicyclic) bond motifs is 1. The number of rotatable bonds is 6. The molecule has 2 unspecified atom stereocenters. The summed E-state index contributed by atoms with van der Waals surface area (Å²) in [6, 6.07) is 0. The topological polar surface area (TPSA) is 60.7 Å². The molecular formula is C30H50O3. The summed E-state index contributed by atoms with van der Waals surface area (Å²) in [5.74, 6) is 1.95. The lowest BCUT2D eigenvalue weighted by Gasteiger charge is -2.48. The maximum absolute atomic E-state index is 10.3. The van der Waals surface area contributed by atoms with Crippen molar-refractivity contribution in [3.63, 3.8) is 0 Å². The van der Waals surface area contributed by atoms with Crippen LogP contribution in [0.15, 0.2) is 34.9 Å². The van der Waals surface area contributed by atoms with Gasteiger partial charge in [-0.05, 0) is 113 Å². The number of hydrogen-bond acceptors (Lipinski definition) is 3. The minimum Gasteiger partial charge on any atom is -0.390 e. The molecular weight excluding hydrogens is 408 g/mol. The Bertz CT molecular complexity index is 780. The van der Waals surface area contributed by atoms with Crippen LogP contribution in [0.4, 0.5) is 0 Å². The summed E-state index contributed by atoms with van der Waals surface area (Å²) in [4.78, 5) is 0. The average Bonchev–Trinajstić information content (AvgIpc) is 3.06. The minimum absolute atomic E-state index is 0.206. The van der Waals surface area contributed by atoms with E-state index in [0.717, 1.165) is 18.4 Å². The third kappa shape index (κ3) is 5.68. The molecule has 0 aromatic heterocycles. The zero-order valence-corrected chi connectivity index (χ0v) is 22.4. The standard InChI is InChI=1S/C30H50O3/c1-19(16-22-17-26(31)20(2)27(32)18-22)23-10-9-13-30(8)24(11-12-25(23)30)21(3)28(4,5)14-15-29(6,7)33/h16,21,24-27,31-33H,2,9-15,17-18H2,1,3-8H3/t21-,24?,25?,26-,27-,30-/m1/s1. The molecule has 3 saturated carbocycles. The maximum atomic E-state index is 10.3. The van der Waals surface area contributed by atoms with Crippen LogP contribution >= 0.6 is 0 Å². The lowest BCUT2D eigenvalue weighted by atomic mass is 9.56. The summed E-state index contributed by atoms with van der Waals surface area (Å²) in [5, 5.41) is 30.8. The molecule has 33 heavy (non-hydrogen) atoms. The van der Waals surface area contributed by atoms with Gasteiger partial charge in [0.2, 0.25) is 0 Å². The number of allylic oxidation sites excluding steroid dienone is 3. The van der Waals surface area contributed by atoms with Crippen LogP contribution in [-0.4, -0.2) is 33.1 Å². The Morgan fingerprint density at radius 1 is 1.12 bits per heavy atom. The van der Waals surface area contributed by atoms with Gasteiger partial charge in [-0.25, -0.2) is 0 Å². The summed E-state index contributed by atoms with van der Waals surface area (Å²) in [6.07, 6.45) is 10.4. The highest BCUT2D eigenvalue weighted by atomic mass is 16.3. The lowest BCUT2D eigenvalue weighted by molar-refractivity contribution is 0.0126. The molecule has 0 spiro atoms. The fourth-order valence-corrected chi connectivity index (χ4v) is 7.30. The Labute approximate surface area is 203 Å². The Hall–Kier alpha value is -0.900. The van der Waals surface area contributed by atoms with Crippen molar-refractivity contribution in [3.8, 4) is 0 Å². The van der Waals surface area contributed by atoms with E-state index in [1.165, 1.54) is 37.7 Å². The Kier molecular flexibility index (Phi) is 7.79. The number of aliphatic hydroxyl groups excluding tert-OH is 2. The lowest BCUT2D eigenvalue weighted by Crippen LogP contribution is -2.41. The summed E-state index contributed by atoms with van der Waals surface area (Å²) in [7, 11) is 0. The highest BCUT2D eigenvalue weighted by Crippen LogP contribution is 2.62. The third-order valence-electron chi connectivity index (χ3n) is 9.90. The third-order valence-corrected chi connectivity index (χ3v) is 9.90. The van der Waals surface area contributed by atoms with Crippen molar-refractivity contribution >= 4 is 0 Å². The second-order valence-electron chi connectivity index (χ2n) is 13.2. The van der Waals surface area contributed by atoms with Crippen LogP contribution in [0.25, 0.3) is 0 Å². The van der Waals surface area contributed by atoms with Gasteiger partial charge in [0.25, 0.3) is 0 Å². The molecule has 3 fully saturated rings. The molecule has 0 saturated heterocycles. The molecule has 6 atom stereocenters. The first-order chi connectivity index (χ1) is 15.2. The molecule has 3 nitrogen and oxygen atoms in total. The van der Waals surface area contributed by atoms with Gasteiger partial charge in [-0.2, -0.15) is 0 Å². The smallest absolute Gasteiger partial charge is 0.0809 e. The SMILES string of the molecule is C=C1[C@H](O)CC(=CC(C)=C2CCC[C@@]3(C)C2CCC3[C@@H](C)C(C)(C)CCC(C)(C)O)C[C@H]1O. The van der Waals surface area contributed by atoms with E-state index in [-0.39, 0.29) is 5.41 Å². The molecule has 188 valence electrons. The zero-order valence-electron chi connectivity index (χ0n) is 22.4. The first-order valence-corrected chi connectivity index (χ1v) is 13.3. The molecule has 3 rings (SSSR count). The molecule has 3 heteroatoms. The minimum atomic E-state index is -0.628. The molecule has 3 aliphatic carbocycles. The van der Waals surface area contributed by atoms with Crippen LogP contribution in [0, 0.1) is 28.6 Å². The fourth-order valence-electron chi connectivity index (χ4n) is 7.30. The second kappa shape index (κ2) is 9.63. The van der Waals surface area contributed by atoms with E-state index in [9.17, 15) is 15.3 Å². The monoisotopic (exact) mass is 458 g/mol. The first-order valence-electron chi connectivity index (χ1n) is 13.3. The molecule has 0 aromatic rings.